The number of benzene rings is 3. The highest BCUT2D eigenvalue weighted by atomic mass is 32.2. The summed E-state index contributed by atoms with van der Waals surface area (Å²) in [5.41, 5.74) is 1.59. The van der Waals surface area contributed by atoms with Gasteiger partial charge in [-0.2, -0.15) is 0 Å². The second-order valence-electron chi connectivity index (χ2n) is 5.15. The molecular formula is C19H17NO2S. The number of anilines is 1. The van der Waals surface area contributed by atoms with Gasteiger partial charge in [0.25, 0.3) is 10.0 Å². The Balaban J connectivity index is 2.05. The Kier molecular flexibility index (Phi) is 4.44. The van der Waals surface area contributed by atoms with Gasteiger partial charge in [0.1, 0.15) is 0 Å². The van der Waals surface area contributed by atoms with Crippen LogP contribution in [0.1, 0.15) is 5.56 Å². The van der Waals surface area contributed by atoms with Crippen LogP contribution in [0.15, 0.2) is 95.9 Å². The summed E-state index contributed by atoms with van der Waals surface area (Å²) in [4.78, 5) is 0.291. The molecule has 3 nitrogen and oxygen atoms in total. The third kappa shape index (κ3) is 3.43. The maximum atomic E-state index is 13.1. The Morgan fingerprint density at radius 2 is 1.13 bits per heavy atom. The molecule has 3 aromatic carbocycles. The Hall–Kier alpha value is -2.59. The SMILES string of the molecule is O=S(=O)(c1ccccc1)N(Cc1ccccc1)c1ccccc1. The quantitative estimate of drug-likeness (QED) is 0.709. The molecule has 0 aliphatic rings. The number of hydrogen-bond acceptors (Lipinski definition) is 2. The van der Waals surface area contributed by atoms with Crippen LogP contribution in [0.4, 0.5) is 5.69 Å². The lowest BCUT2D eigenvalue weighted by Crippen LogP contribution is -2.30. The summed E-state index contributed by atoms with van der Waals surface area (Å²) in [6.07, 6.45) is 0. The molecule has 0 saturated carbocycles. The van der Waals surface area contributed by atoms with Gasteiger partial charge in [0.05, 0.1) is 17.1 Å². The summed E-state index contributed by atoms with van der Waals surface area (Å²) in [7, 11) is -3.62. The van der Waals surface area contributed by atoms with Crippen LogP contribution in [0, 0.1) is 0 Å². The van der Waals surface area contributed by atoms with E-state index in [1.165, 1.54) is 4.31 Å². The second kappa shape index (κ2) is 6.67. The molecule has 0 unspecified atom stereocenters. The molecule has 116 valence electrons. The van der Waals surface area contributed by atoms with E-state index in [1.54, 1.807) is 24.3 Å². The lowest BCUT2D eigenvalue weighted by Gasteiger charge is -2.24. The first-order valence-corrected chi connectivity index (χ1v) is 8.79. The van der Waals surface area contributed by atoms with Gasteiger partial charge in [0, 0.05) is 0 Å². The van der Waals surface area contributed by atoms with E-state index in [9.17, 15) is 8.42 Å². The van der Waals surface area contributed by atoms with Crippen molar-refractivity contribution in [2.45, 2.75) is 11.4 Å². The molecule has 0 amide bonds. The predicted octanol–water partition coefficient (Wildman–Crippen LogP) is 4.08. The Morgan fingerprint density at radius 1 is 0.652 bits per heavy atom. The smallest absolute Gasteiger partial charge is 0.262 e. The summed E-state index contributed by atoms with van der Waals surface area (Å²) >= 11 is 0. The highest BCUT2D eigenvalue weighted by molar-refractivity contribution is 7.92. The average molecular weight is 323 g/mol. The first kappa shape index (κ1) is 15.3. The van der Waals surface area contributed by atoms with Gasteiger partial charge in [-0.3, -0.25) is 4.31 Å². The molecule has 0 atom stereocenters. The van der Waals surface area contributed by atoms with E-state index < -0.39 is 10.0 Å². The van der Waals surface area contributed by atoms with Crippen molar-refractivity contribution in [2.24, 2.45) is 0 Å². The summed E-state index contributed by atoms with van der Waals surface area (Å²) in [6, 6.07) is 27.3. The van der Waals surface area contributed by atoms with Crippen molar-refractivity contribution in [3.8, 4) is 0 Å². The number of nitrogens with zero attached hydrogens (tertiary/aromatic N) is 1. The molecule has 23 heavy (non-hydrogen) atoms. The van der Waals surface area contributed by atoms with Gasteiger partial charge in [-0.05, 0) is 29.8 Å². The van der Waals surface area contributed by atoms with Crippen molar-refractivity contribution in [3.63, 3.8) is 0 Å². The van der Waals surface area contributed by atoms with E-state index in [1.807, 2.05) is 66.7 Å². The molecular weight excluding hydrogens is 306 g/mol. The zero-order valence-electron chi connectivity index (χ0n) is 12.5. The van der Waals surface area contributed by atoms with Crippen LogP contribution in [0.3, 0.4) is 0 Å². The maximum absolute atomic E-state index is 13.1. The Labute approximate surface area is 136 Å². The number of sulfonamides is 1. The number of hydrogen-bond donors (Lipinski definition) is 0. The van der Waals surface area contributed by atoms with Crippen molar-refractivity contribution in [2.75, 3.05) is 4.31 Å². The molecule has 0 heterocycles. The van der Waals surface area contributed by atoms with Crippen LogP contribution in [0.25, 0.3) is 0 Å². The molecule has 0 aromatic heterocycles. The summed E-state index contributed by atoms with van der Waals surface area (Å²) < 4.78 is 27.6. The van der Waals surface area contributed by atoms with Crippen molar-refractivity contribution in [3.05, 3.63) is 96.6 Å². The fourth-order valence-corrected chi connectivity index (χ4v) is 3.85. The minimum atomic E-state index is -3.62. The third-order valence-electron chi connectivity index (χ3n) is 3.54. The van der Waals surface area contributed by atoms with E-state index in [0.717, 1.165) is 5.56 Å². The van der Waals surface area contributed by atoms with E-state index in [4.69, 9.17) is 0 Å². The Bertz CT molecular complexity index is 848. The highest BCUT2D eigenvalue weighted by Crippen LogP contribution is 2.25. The van der Waals surface area contributed by atoms with Crippen molar-refractivity contribution in [1.29, 1.82) is 0 Å². The topological polar surface area (TPSA) is 37.4 Å². The van der Waals surface area contributed by atoms with E-state index in [0.29, 0.717) is 17.1 Å². The molecule has 0 radical (unpaired) electrons. The van der Waals surface area contributed by atoms with Crippen molar-refractivity contribution < 1.29 is 8.42 Å². The van der Waals surface area contributed by atoms with Crippen molar-refractivity contribution >= 4 is 15.7 Å². The first-order valence-electron chi connectivity index (χ1n) is 7.35. The molecule has 0 N–H and O–H groups in total. The fourth-order valence-electron chi connectivity index (χ4n) is 2.38. The molecule has 0 spiro atoms. The van der Waals surface area contributed by atoms with Crippen LogP contribution in [0.5, 0.6) is 0 Å². The van der Waals surface area contributed by atoms with Crippen LogP contribution in [0.2, 0.25) is 0 Å². The first-order chi connectivity index (χ1) is 11.2. The molecule has 0 aliphatic carbocycles. The zero-order chi connectivity index (χ0) is 16.1. The minimum absolute atomic E-state index is 0.291. The molecule has 0 saturated heterocycles. The van der Waals surface area contributed by atoms with E-state index >= 15 is 0 Å². The van der Waals surface area contributed by atoms with Crippen LogP contribution >= 0.6 is 0 Å². The largest absolute Gasteiger partial charge is 0.264 e. The lowest BCUT2D eigenvalue weighted by atomic mass is 10.2. The standard InChI is InChI=1S/C19H17NO2S/c21-23(22,19-14-8-3-9-15-19)20(18-12-6-2-7-13-18)16-17-10-4-1-5-11-17/h1-15H,16H2. The lowest BCUT2D eigenvalue weighted by molar-refractivity contribution is 0.590. The molecule has 0 bridgehead atoms. The fraction of sp³-hybridized carbons (Fsp3) is 0.0526. The maximum Gasteiger partial charge on any atom is 0.264 e. The third-order valence-corrected chi connectivity index (χ3v) is 5.33. The minimum Gasteiger partial charge on any atom is -0.262 e. The average Bonchev–Trinajstić information content (AvgIpc) is 2.62. The van der Waals surface area contributed by atoms with Gasteiger partial charge in [0.15, 0.2) is 0 Å². The van der Waals surface area contributed by atoms with Gasteiger partial charge in [0.2, 0.25) is 0 Å². The molecule has 4 heteroatoms. The van der Waals surface area contributed by atoms with Crippen LogP contribution < -0.4 is 4.31 Å². The summed E-state index contributed by atoms with van der Waals surface area (Å²) in [5.74, 6) is 0. The molecule has 0 fully saturated rings. The summed E-state index contributed by atoms with van der Waals surface area (Å²) in [6.45, 7) is 0.294. The monoisotopic (exact) mass is 323 g/mol. The van der Waals surface area contributed by atoms with Crippen LogP contribution in [-0.2, 0) is 16.6 Å². The number of rotatable bonds is 5. The van der Waals surface area contributed by atoms with E-state index in [2.05, 4.69) is 0 Å². The van der Waals surface area contributed by atoms with Gasteiger partial charge >= 0.3 is 0 Å². The summed E-state index contributed by atoms with van der Waals surface area (Å²) in [5, 5.41) is 0. The second-order valence-corrected chi connectivity index (χ2v) is 7.01. The van der Waals surface area contributed by atoms with Gasteiger partial charge in [-0.1, -0.05) is 66.7 Å². The molecule has 0 aliphatic heterocycles. The van der Waals surface area contributed by atoms with Crippen molar-refractivity contribution in [1.82, 2.24) is 0 Å². The van der Waals surface area contributed by atoms with E-state index in [-0.39, 0.29) is 0 Å². The zero-order valence-corrected chi connectivity index (χ0v) is 13.4. The van der Waals surface area contributed by atoms with Gasteiger partial charge in [-0.25, -0.2) is 8.42 Å². The Morgan fingerprint density at radius 3 is 1.70 bits per heavy atom. The van der Waals surface area contributed by atoms with Gasteiger partial charge < -0.3 is 0 Å². The predicted molar refractivity (Wildman–Crippen MR) is 92.7 cm³/mol. The normalized spacial score (nSPS) is 11.1. The number of para-hydroxylation sites is 1. The van der Waals surface area contributed by atoms with Crippen LogP contribution in [-0.4, -0.2) is 8.42 Å². The highest BCUT2D eigenvalue weighted by Gasteiger charge is 2.24. The van der Waals surface area contributed by atoms with Gasteiger partial charge in [-0.15, -0.1) is 0 Å². The molecule has 3 rings (SSSR count). The molecule has 3 aromatic rings.